The molecule has 12 heteroatoms. The first-order valence-corrected chi connectivity index (χ1v) is 14.2. The average molecular weight is 602 g/mol. The van der Waals surface area contributed by atoms with Gasteiger partial charge in [0, 0.05) is 20.6 Å². The molecule has 0 bridgehead atoms. The van der Waals surface area contributed by atoms with E-state index in [4.69, 9.17) is 11.6 Å². The number of aryl methyl sites for hydroxylation is 1. The van der Waals surface area contributed by atoms with Crippen LogP contribution in [0.15, 0.2) is 76.4 Å². The van der Waals surface area contributed by atoms with Crippen molar-refractivity contribution in [2.45, 2.75) is 18.2 Å². The Morgan fingerprint density at radius 2 is 1.72 bits per heavy atom. The van der Waals surface area contributed by atoms with Gasteiger partial charge in [0.1, 0.15) is 17.0 Å². The third kappa shape index (κ3) is 5.05. The molecule has 0 unspecified atom stereocenters. The van der Waals surface area contributed by atoms with Crippen LogP contribution in [0.3, 0.4) is 0 Å². The van der Waals surface area contributed by atoms with Crippen LogP contribution in [0.1, 0.15) is 11.8 Å². The van der Waals surface area contributed by atoms with Crippen molar-refractivity contribution in [1.82, 2.24) is 20.2 Å². The summed E-state index contributed by atoms with van der Waals surface area (Å²) in [5.41, 5.74) is 2.86. The lowest BCUT2D eigenvalue weighted by Gasteiger charge is -2.11. The van der Waals surface area contributed by atoms with Crippen LogP contribution in [0.5, 0.6) is 0 Å². The molecule has 0 aliphatic rings. The number of halogens is 2. The number of benzene rings is 2. The molecule has 2 N–H and O–H groups in total. The van der Waals surface area contributed by atoms with E-state index >= 15 is 0 Å². The zero-order chi connectivity index (χ0) is 25.3. The molecule has 36 heavy (non-hydrogen) atoms. The Hall–Kier alpha value is -3.12. The topological polar surface area (TPSA) is 110 Å². The molecular formula is C24H18BrClN6O2S2. The van der Waals surface area contributed by atoms with Crippen LogP contribution in [0, 0.1) is 0 Å². The van der Waals surface area contributed by atoms with Gasteiger partial charge in [-0.25, -0.2) is 18.4 Å². The van der Waals surface area contributed by atoms with E-state index in [9.17, 15) is 8.42 Å². The zero-order valence-corrected chi connectivity index (χ0v) is 22.7. The second-order valence-electron chi connectivity index (χ2n) is 7.66. The van der Waals surface area contributed by atoms with E-state index in [1.807, 2.05) is 12.1 Å². The van der Waals surface area contributed by atoms with Crippen LogP contribution in [0.4, 0.5) is 17.3 Å². The maximum absolute atomic E-state index is 12.7. The third-order valence-corrected chi connectivity index (χ3v) is 8.66. The Morgan fingerprint density at radius 3 is 2.39 bits per heavy atom. The van der Waals surface area contributed by atoms with E-state index < -0.39 is 10.0 Å². The minimum absolute atomic E-state index is 0.0784. The van der Waals surface area contributed by atoms with Gasteiger partial charge in [0.2, 0.25) is 0 Å². The lowest BCUT2D eigenvalue weighted by Crippen LogP contribution is -2.14. The first kappa shape index (κ1) is 24.6. The number of rotatable bonds is 7. The van der Waals surface area contributed by atoms with E-state index in [0.29, 0.717) is 11.5 Å². The first-order valence-electron chi connectivity index (χ1n) is 10.8. The molecule has 0 aliphatic carbocycles. The highest BCUT2D eigenvalue weighted by atomic mass is 79.9. The summed E-state index contributed by atoms with van der Waals surface area (Å²) in [4.78, 5) is 11.2. The van der Waals surface area contributed by atoms with E-state index in [2.05, 4.69) is 65.2 Å². The molecule has 3 aromatic heterocycles. The van der Waals surface area contributed by atoms with Gasteiger partial charge in [-0.05, 0) is 60.5 Å². The average Bonchev–Trinajstić information content (AvgIpc) is 3.26. The molecular weight excluding hydrogens is 584 g/mol. The first-order chi connectivity index (χ1) is 17.3. The summed E-state index contributed by atoms with van der Waals surface area (Å²) in [7, 11) is -3.85. The molecule has 8 nitrogen and oxygen atoms in total. The lowest BCUT2D eigenvalue weighted by atomic mass is 10.0. The van der Waals surface area contributed by atoms with Gasteiger partial charge in [0.05, 0.1) is 10.3 Å². The predicted octanol–water partition coefficient (Wildman–Crippen LogP) is 6.67. The summed E-state index contributed by atoms with van der Waals surface area (Å²) >= 11 is 10.9. The molecule has 2 aromatic carbocycles. The van der Waals surface area contributed by atoms with E-state index in [1.54, 1.807) is 23.5 Å². The SMILES string of the molecule is CCc1sc2ncnc(Nc3ccc(S(=O)(=O)Nc4ccc(Cl)nn4)cc3)c2c1-c1ccc(Br)cc1. The maximum Gasteiger partial charge on any atom is 0.263 e. The fourth-order valence-electron chi connectivity index (χ4n) is 3.67. The summed E-state index contributed by atoms with van der Waals surface area (Å²) in [5, 5.41) is 11.8. The van der Waals surface area contributed by atoms with Gasteiger partial charge in [-0.3, -0.25) is 4.72 Å². The van der Waals surface area contributed by atoms with Crippen molar-refractivity contribution in [1.29, 1.82) is 0 Å². The highest BCUT2D eigenvalue weighted by Crippen LogP contribution is 2.42. The fourth-order valence-corrected chi connectivity index (χ4v) is 6.13. The Labute approximate surface area is 225 Å². The smallest absolute Gasteiger partial charge is 0.263 e. The number of sulfonamides is 1. The van der Waals surface area contributed by atoms with Crippen molar-refractivity contribution >= 4 is 76.4 Å². The van der Waals surface area contributed by atoms with Gasteiger partial charge in [-0.1, -0.05) is 46.6 Å². The molecule has 5 aromatic rings. The molecule has 0 radical (unpaired) electrons. The highest BCUT2D eigenvalue weighted by Gasteiger charge is 2.19. The number of nitrogens with one attached hydrogen (secondary N) is 2. The molecule has 0 saturated carbocycles. The van der Waals surface area contributed by atoms with Gasteiger partial charge in [0.25, 0.3) is 10.0 Å². The number of fused-ring (bicyclic) bond motifs is 1. The van der Waals surface area contributed by atoms with Gasteiger partial charge >= 0.3 is 0 Å². The standard InChI is InChI=1S/C24H18BrClN6O2S2/c1-2-18-21(14-3-5-15(25)6-4-14)22-23(27-13-28-24(22)35-18)29-16-7-9-17(10-8-16)36(33,34)32-20-12-11-19(26)30-31-20/h3-13H,2H2,1H3,(H,31,32)(H,27,28,29). The number of thiophene rings is 1. The van der Waals surface area contributed by atoms with Crippen LogP contribution in [-0.2, 0) is 16.4 Å². The highest BCUT2D eigenvalue weighted by molar-refractivity contribution is 9.10. The zero-order valence-electron chi connectivity index (χ0n) is 18.7. The van der Waals surface area contributed by atoms with Crippen molar-refractivity contribution in [2.75, 3.05) is 10.0 Å². The Bertz CT molecular complexity index is 1640. The molecule has 0 saturated heterocycles. The van der Waals surface area contributed by atoms with Crippen molar-refractivity contribution in [3.8, 4) is 11.1 Å². The van der Waals surface area contributed by atoms with Crippen LogP contribution < -0.4 is 10.0 Å². The molecule has 0 atom stereocenters. The maximum atomic E-state index is 12.7. The largest absolute Gasteiger partial charge is 0.340 e. The Morgan fingerprint density at radius 1 is 0.972 bits per heavy atom. The summed E-state index contributed by atoms with van der Waals surface area (Å²) in [5.74, 6) is 0.730. The molecule has 5 rings (SSSR count). The summed E-state index contributed by atoms with van der Waals surface area (Å²) < 4.78 is 28.9. The van der Waals surface area contributed by atoms with Crippen molar-refractivity contribution in [3.05, 3.63) is 81.5 Å². The number of aromatic nitrogens is 4. The number of nitrogens with zero attached hydrogens (tertiary/aromatic N) is 4. The van der Waals surface area contributed by atoms with Crippen molar-refractivity contribution in [3.63, 3.8) is 0 Å². The molecule has 182 valence electrons. The van der Waals surface area contributed by atoms with Crippen LogP contribution in [-0.4, -0.2) is 28.6 Å². The summed E-state index contributed by atoms with van der Waals surface area (Å²) in [6, 6.07) is 17.4. The molecule has 3 heterocycles. The van der Waals surface area contributed by atoms with Crippen LogP contribution in [0.25, 0.3) is 21.3 Å². The predicted molar refractivity (Wildman–Crippen MR) is 148 cm³/mol. The lowest BCUT2D eigenvalue weighted by molar-refractivity contribution is 0.601. The molecule has 0 fully saturated rings. The number of anilines is 3. The molecule has 0 spiro atoms. The minimum atomic E-state index is -3.85. The third-order valence-electron chi connectivity index (χ3n) is 5.31. The second kappa shape index (κ2) is 10.1. The molecule has 0 amide bonds. The van der Waals surface area contributed by atoms with Crippen molar-refractivity contribution < 1.29 is 8.42 Å². The van der Waals surface area contributed by atoms with Gasteiger partial charge in [-0.15, -0.1) is 21.5 Å². The Balaban J connectivity index is 1.46. The van der Waals surface area contributed by atoms with Crippen LogP contribution in [0.2, 0.25) is 5.15 Å². The quantitative estimate of drug-likeness (QED) is 0.214. The van der Waals surface area contributed by atoms with E-state index in [-0.39, 0.29) is 15.9 Å². The summed E-state index contributed by atoms with van der Waals surface area (Å²) in [6.07, 6.45) is 2.39. The second-order valence-corrected chi connectivity index (χ2v) is 11.7. The van der Waals surface area contributed by atoms with E-state index in [1.165, 1.54) is 35.5 Å². The molecule has 0 aliphatic heterocycles. The van der Waals surface area contributed by atoms with Gasteiger partial charge in [-0.2, -0.15) is 0 Å². The van der Waals surface area contributed by atoms with Gasteiger partial charge < -0.3 is 5.32 Å². The van der Waals surface area contributed by atoms with Crippen molar-refractivity contribution in [2.24, 2.45) is 0 Å². The Kier molecular flexibility index (Phi) is 6.89. The van der Waals surface area contributed by atoms with E-state index in [0.717, 1.165) is 32.2 Å². The summed E-state index contributed by atoms with van der Waals surface area (Å²) in [6.45, 7) is 2.12. The number of hydrogen-bond acceptors (Lipinski definition) is 8. The van der Waals surface area contributed by atoms with Gasteiger partial charge in [0.15, 0.2) is 11.0 Å². The minimum Gasteiger partial charge on any atom is -0.340 e. The number of hydrogen-bond donors (Lipinski definition) is 2. The normalized spacial score (nSPS) is 11.5. The monoisotopic (exact) mass is 600 g/mol. The van der Waals surface area contributed by atoms with Crippen LogP contribution >= 0.6 is 38.9 Å². The fraction of sp³-hybridized carbons (Fsp3) is 0.0833.